The number of rotatable bonds is 5. The summed E-state index contributed by atoms with van der Waals surface area (Å²) in [6.45, 7) is 4.06. The van der Waals surface area contributed by atoms with Gasteiger partial charge in [0.25, 0.3) is 0 Å². The molecule has 3 aliphatic rings. The first kappa shape index (κ1) is 18.6. The zero-order valence-corrected chi connectivity index (χ0v) is 15.5. The Morgan fingerprint density at radius 2 is 1.89 bits per heavy atom. The van der Waals surface area contributed by atoms with Crippen molar-refractivity contribution >= 4 is 0 Å². The number of benzene rings is 1. The van der Waals surface area contributed by atoms with E-state index in [4.69, 9.17) is 18.9 Å². The first-order chi connectivity index (χ1) is 12.9. The molecule has 0 spiro atoms. The van der Waals surface area contributed by atoms with Crippen molar-refractivity contribution in [2.45, 2.75) is 69.7 Å². The third kappa shape index (κ3) is 3.78. The summed E-state index contributed by atoms with van der Waals surface area (Å²) in [7, 11) is 0. The van der Waals surface area contributed by atoms with Crippen molar-refractivity contribution in [2.24, 2.45) is 5.92 Å². The zero-order chi connectivity index (χ0) is 19.0. The fourth-order valence-corrected chi connectivity index (χ4v) is 4.22. The highest BCUT2D eigenvalue weighted by atomic mass is 16.8. The number of fused-ring (bicyclic) bond motifs is 1. The molecule has 2 unspecified atom stereocenters. The first-order valence-electron chi connectivity index (χ1n) is 9.40. The fraction of sp³-hybridized carbons (Fsp3) is 0.600. The quantitative estimate of drug-likeness (QED) is 0.447. The number of allylic oxidation sites excluding steroid dienone is 1. The molecule has 0 bridgehead atoms. The summed E-state index contributed by atoms with van der Waals surface area (Å²) < 4.78 is 24.2. The Hall–Kier alpha value is -1.80. The second kappa shape index (κ2) is 7.31. The molecule has 2 heterocycles. The Labute approximate surface area is 158 Å². The Kier molecular flexibility index (Phi) is 5.03. The predicted octanol–water partition coefficient (Wildman–Crippen LogP) is 3.06. The predicted molar refractivity (Wildman–Crippen MR) is 96.4 cm³/mol. The van der Waals surface area contributed by atoms with Crippen LogP contribution in [0.1, 0.15) is 32.3 Å². The molecule has 6 atom stereocenters. The van der Waals surface area contributed by atoms with Gasteiger partial charge < -0.3 is 18.9 Å². The van der Waals surface area contributed by atoms with Crippen molar-refractivity contribution in [3.8, 4) is 0 Å². The molecule has 2 aliphatic heterocycles. The van der Waals surface area contributed by atoms with E-state index in [0.717, 1.165) is 5.56 Å². The third-order valence-electron chi connectivity index (χ3n) is 5.45. The van der Waals surface area contributed by atoms with Crippen LogP contribution in [0.3, 0.4) is 0 Å². The van der Waals surface area contributed by atoms with Crippen molar-refractivity contribution in [2.75, 3.05) is 0 Å². The minimum Gasteiger partial charge on any atom is -0.368 e. The van der Waals surface area contributed by atoms with Gasteiger partial charge in [-0.25, -0.2) is 0 Å². The SMILES string of the molecule is CC1(C)O[C@H]2O[C@H](C3CC=CCC3[N+](=O)[O-])[C@H](OCc3ccccc3)[C@H]2O1. The van der Waals surface area contributed by atoms with Crippen molar-refractivity contribution < 1.29 is 23.9 Å². The fourth-order valence-electron chi connectivity index (χ4n) is 4.22. The maximum atomic E-state index is 11.6. The Balaban J connectivity index is 1.55. The normalized spacial score (nSPS) is 37.3. The van der Waals surface area contributed by atoms with E-state index < -0.39 is 36.4 Å². The van der Waals surface area contributed by atoms with Gasteiger partial charge in [0.1, 0.15) is 12.2 Å². The molecule has 27 heavy (non-hydrogen) atoms. The van der Waals surface area contributed by atoms with Crippen LogP contribution in [0.4, 0.5) is 0 Å². The highest BCUT2D eigenvalue weighted by Crippen LogP contribution is 2.43. The van der Waals surface area contributed by atoms with Crippen LogP contribution < -0.4 is 0 Å². The molecule has 0 N–H and O–H groups in total. The van der Waals surface area contributed by atoms with Crippen LogP contribution in [0.2, 0.25) is 0 Å². The lowest BCUT2D eigenvalue weighted by Crippen LogP contribution is -2.46. The van der Waals surface area contributed by atoms with Crippen LogP contribution in [0.5, 0.6) is 0 Å². The summed E-state index contributed by atoms with van der Waals surface area (Å²) >= 11 is 0. The molecule has 7 nitrogen and oxygen atoms in total. The summed E-state index contributed by atoms with van der Waals surface area (Å²) in [4.78, 5) is 11.4. The number of hydrogen-bond donors (Lipinski definition) is 0. The van der Waals surface area contributed by atoms with Crippen molar-refractivity contribution in [3.63, 3.8) is 0 Å². The maximum Gasteiger partial charge on any atom is 0.222 e. The van der Waals surface area contributed by atoms with Crippen LogP contribution in [0.25, 0.3) is 0 Å². The molecule has 0 saturated carbocycles. The van der Waals surface area contributed by atoms with Crippen LogP contribution in [-0.4, -0.2) is 41.4 Å². The molecule has 1 aromatic rings. The largest absolute Gasteiger partial charge is 0.368 e. The number of ether oxygens (including phenoxy) is 4. The topological polar surface area (TPSA) is 80.1 Å². The minimum atomic E-state index is -0.760. The molecular weight excluding hydrogens is 350 g/mol. The highest BCUT2D eigenvalue weighted by molar-refractivity contribution is 5.14. The first-order valence-corrected chi connectivity index (χ1v) is 9.40. The van der Waals surface area contributed by atoms with E-state index in [1.54, 1.807) is 0 Å². The highest BCUT2D eigenvalue weighted by Gasteiger charge is 2.59. The summed E-state index contributed by atoms with van der Waals surface area (Å²) in [5, 5.41) is 11.6. The van der Waals surface area contributed by atoms with E-state index >= 15 is 0 Å². The van der Waals surface area contributed by atoms with Crippen LogP contribution in [0, 0.1) is 16.0 Å². The molecule has 0 aromatic heterocycles. The summed E-state index contributed by atoms with van der Waals surface area (Å²) in [5.74, 6) is -1.03. The number of hydrogen-bond acceptors (Lipinski definition) is 6. The van der Waals surface area contributed by atoms with Crippen molar-refractivity contribution in [1.82, 2.24) is 0 Å². The van der Waals surface area contributed by atoms with Gasteiger partial charge in [-0.1, -0.05) is 42.5 Å². The van der Waals surface area contributed by atoms with Gasteiger partial charge in [0.2, 0.25) is 6.04 Å². The monoisotopic (exact) mass is 375 g/mol. The Bertz CT molecular complexity index is 706. The lowest BCUT2D eigenvalue weighted by atomic mass is 9.82. The third-order valence-corrected chi connectivity index (χ3v) is 5.45. The molecule has 0 amide bonds. The maximum absolute atomic E-state index is 11.6. The van der Waals surface area contributed by atoms with Gasteiger partial charge in [-0.2, -0.15) is 0 Å². The van der Waals surface area contributed by atoms with Gasteiger partial charge in [0, 0.05) is 11.3 Å². The lowest BCUT2D eigenvalue weighted by molar-refractivity contribution is -0.535. The molecule has 4 rings (SSSR count). The molecule has 146 valence electrons. The van der Waals surface area contributed by atoms with E-state index in [2.05, 4.69) is 0 Å². The second-order valence-electron chi connectivity index (χ2n) is 7.79. The molecular formula is C20H25NO6. The smallest absolute Gasteiger partial charge is 0.222 e. The van der Waals surface area contributed by atoms with E-state index in [0.29, 0.717) is 19.4 Å². The second-order valence-corrected chi connectivity index (χ2v) is 7.79. The lowest BCUT2D eigenvalue weighted by Gasteiger charge is -2.32. The average Bonchev–Trinajstić information content (AvgIpc) is 3.12. The van der Waals surface area contributed by atoms with E-state index in [-0.39, 0.29) is 10.8 Å². The minimum absolute atomic E-state index is 0.203. The summed E-state index contributed by atoms with van der Waals surface area (Å²) in [6.07, 6.45) is 3.03. The van der Waals surface area contributed by atoms with Crippen LogP contribution >= 0.6 is 0 Å². The summed E-state index contributed by atoms with van der Waals surface area (Å²) in [6, 6.07) is 9.15. The molecule has 0 radical (unpaired) electrons. The van der Waals surface area contributed by atoms with Crippen molar-refractivity contribution in [1.29, 1.82) is 0 Å². The van der Waals surface area contributed by atoms with Gasteiger partial charge >= 0.3 is 0 Å². The Morgan fingerprint density at radius 1 is 1.15 bits per heavy atom. The number of nitrogens with zero attached hydrogens (tertiary/aromatic N) is 1. The zero-order valence-electron chi connectivity index (χ0n) is 15.5. The van der Waals surface area contributed by atoms with E-state index in [1.165, 1.54) is 0 Å². The average molecular weight is 375 g/mol. The van der Waals surface area contributed by atoms with Gasteiger partial charge in [-0.05, 0) is 25.8 Å². The van der Waals surface area contributed by atoms with Crippen molar-refractivity contribution in [3.05, 3.63) is 58.2 Å². The Morgan fingerprint density at radius 3 is 2.63 bits per heavy atom. The summed E-state index contributed by atoms with van der Waals surface area (Å²) in [5.41, 5.74) is 1.03. The molecule has 2 fully saturated rings. The van der Waals surface area contributed by atoms with Gasteiger partial charge in [-0.3, -0.25) is 10.1 Å². The van der Waals surface area contributed by atoms with Crippen LogP contribution in [0.15, 0.2) is 42.5 Å². The van der Waals surface area contributed by atoms with E-state index in [9.17, 15) is 10.1 Å². The van der Waals surface area contributed by atoms with E-state index in [1.807, 2.05) is 56.3 Å². The number of nitro groups is 1. The van der Waals surface area contributed by atoms with Crippen LogP contribution in [-0.2, 0) is 25.6 Å². The van der Waals surface area contributed by atoms with Gasteiger partial charge in [-0.15, -0.1) is 0 Å². The van der Waals surface area contributed by atoms with Gasteiger partial charge in [0.15, 0.2) is 12.1 Å². The molecule has 7 heteroatoms. The molecule has 1 aliphatic carbocycles. The van der Waals surface area contributed by atoms with Gasteiger partial charge in [0.05, 0.1) is 18.6 Å². The molecule has 1 aromatic carbocycles. The standard InChI is InChI=1S/C20H25NO6/c1-20(2)26-18-17(24-12-13-8-4-3-5-9-13)16(25-19(18)27-20)14-10-6-7-11-15(14)21(22)23/h3-9,14-19H,10-12H2,1-2H3/t14?,15?,16-,17+,18-,19-/m1/s1. The molecule has 2 saturated heterocycles.